The number of carbonyl (C=O) groups excluding carboxylic acids is 3. The van der Waals surface area contributed by atoms with Crippen LogP contribution in [0.2, 0.25) is 0 Å². The Morgan fingerprint density at radius 1 is 1.06 bits per heavy atom. The number of imide groups is 1. The summed E-state index contributed by atoms with van der Waals surface area (Å²) in [6.07, 6.45) is 4.88. The van der Waals surface area contributed by atoms with Crippen LogP contribution >= 0.6 is 0 Å². The molecule has 0 radical (unpaired) electrons. The molecule has 170 valence electrons. The van der Waals surface area contributed by atoms with Gasteiger partial charge in [-0.05, 0) is 18.2 Å². The van der Waals surface area contributed by atoms with Crippen molar-refractivity contribution in [2.45, 2.75) is 12.1 Å². The predicted molar refractivity (Wildman–Crippen MR) is 117 cm³/mol. The number of hydrogen-bond acceptors (Lipinski definition) is 9. The molecule has 4 atom stereocenters. The van der Waals surface area contributed by atoms with Gasteiger partial charge in [-0.1, -0.05) is 18.2 Å². The molecule has 2 aromatic rings. The molecule has 0 saturated carbocycles. The second-order valence-corrected chi connectivity index (χ2v) is 8.24. The van der Waals surface area contributed by atoms with E-state index >= 15 is 0 Å². The van der Waals surface area contributed by atoms with E-state index in [4.69, 9.17) is 9.47 Å². The third-order valence-electron chi connectivity index (χ3n) is 6.52. The number of carbonyl (C=O) groups is 3. The van der Waals surface area contributed by atoms with E-state index in [1.54, 1.807) is 30.4 Å². The van der Waals surface area contributed by atoms with E-state index in [0.717, 1.165) is 4.90 Å². The Morgan fingerprint density at radius 3 is 2.68 bits per heavy atom. The number of hydrogen-bond donors (Lipinski definition) is 0. The average Bonchev–Trinajstić information content (AvgIpc) is 3.51. The highest BCUT2D eigenvalue weighted by Crippen LogP contribution is 2.47. The van der Waals surface area contributed by atoms with E-state index in [9.17, 15) is 24.5 Å². The summed E-state index contributed by atoms with van der Waals surface area (Å²) in [6, 6.07) is 8.40. The SMILES string of the molecule is O=C(c1cccc([N+](=O)[O-])c1)[C@H]1[C@@H]2C(=O)N(c3ccc4c(c3)OCO4)C(=O)[C@@H]2[C@H]2C=CC=NN21. The lowest BCUT2D eigenvalue weighted by Gasteiger charge is -2.30. The van der Waals surface area contributed by atoms with Gasteiger partial charge in [-0.3, -0.25) is 29.5 Å². The summed E-state index contributed by atoms with van der Waals surface area (Å²) < 4.78 is 10.7. The second-order valence-electron chi connectivity index (χ2n) is 8.24. The van der Waals surface area contributed by atoms with Crippen molar-refractivity contribution in [3.63, 3.8) is 0 Å². The number of Topliss-reactive ketones (excluding diaryl/α,β-unsaturated/α-hetero) is 1. The van der Waals surface area contributed by atoms with E-state index in [-0.39, 0.29) is 18.0 Å². The van der Waals surface area contributed by atoms with Crippen molar-refractivity contribution in [1.82, 2.24) is 5.01 Å². The first-order valence-corrected chi connectivity index (χ1v) is 10.5. The van der Waals surface area contributed by atoms with Crippen molar-refractivity contribution < 1.29 is 28.8 Å². The Bertz CT molecular complexity index is 1340. The van der Waals surface area contributed by atoms with Crippen LogP contribution in [0.15, 0.2) is 59.7 Å². The van der Waals surface area contributed by atoms with Crippen LogP contribution in [0.3, 0.4) is 0 Å². The molecule has 0 aliphatic carbocycles. The number of non-ortho nitro benzene ring substituents is 1. The topological polar surface area (TPSA) is 132 Å². The largest absolute Gasteiger partial charge is 0.454 e. The van der Waals surface area contributed by atoms with Gasteiger partial charge in [0.2, 0.25) is 18.6 Å². The molecular weight excluding hydrogens is 444 g/mol. The van der Waals surface area contributed by atoms with Crippen LogP contribution in [0.5, 0.6) is 11.5 Å². The van der Waals surface area contributed by atoms with Gasteiger partial charge in [0.05, 0.1) is 28.5 Å². The number of nitrogens with zero attached hydrogens (tertiary/aromatic N) is 4. The Morgan fingerprint density at radius 2 is 1.85 bits per heavy atom. The summed E-state index contributed by atoms with van der Waals surface area (Å²) in [4.78, 5) is 52.4. The average molecular weight is 460 g/mol. The zero-order valence-corrected chi connectivity index (χ0v) is 17.4. The molecule has 11 nitrogen and oxygen atoms in total. The van der Waals surface area contributed by atoms with E-state index in [2.05, 4.69) is 5.10 Å². The number of nitro groups is 1. The van der Waals surface area contributed by atoms with Gasteiger partial charge in [0, 0.05) is 30.0 Å². The van der Waals surface area contributed by atoms with Gasteiger partial charge in [0.15, 0.2) is 17.3 Å². The van der Waals surface area contributed by atoms with Crippen LogP contribution in [0.1, 0.15) is 10.4 Å². The normalized spacial score (nSPS) is 26.1. The highest BCUT2D eigenvalue weighted by Gasteiger charge is 2.64. The Balaban J connectivity index is 1.41. The van der Waals surface area contributed by atoms with Crippen LogP contribution in [0, 0.1) is 22.0 Å². The number of allylic oxidation sites excluding steroid dienone is 1. The molecule has 4 heterocycles. The Kier molecular flexibility index (Phi) is 4.28. The summed E-state index contributed by atoms with van der Waals surface area (Å²) in [5, 5.41) is 17.0. The third kappa shape index (κ3) is 2.76. The number of ketones is 1. The predicted octanol–water partition coefficient (Wildman–Crippen LogP) is 1.92. The second kappa shape index (κ2) is 7.24. The monoisotopic (exact) mass is 460 g/mol. The summed E-state index contributed by atoms with van der Waals surface area (Å²) in [5.41, 5.74) is 0.157. The number of benzene rings is 2. The number of ether oxygens (including phenoxy) is 2. The van der Waals surface area contributed by atoms with Crippen LogP contribution < -0.4 is 14.4 Å². The van der Waals surface area contributed by atoms with Crippen molar-refractivity contribution >= 4 is 35.2 Å². The fourth-order valence-corrected chi connectivity index (χ4v) is 5.06. The van der Waals surface area contributed by atoms with Crippen LogP contribution in [-0.4, -0.2) is 52.6 Å². The van der Waals surface area contributed by atoms with Gasteiger partial charge in [-0.15, -0.1) is 0 Å². The van der Waals surface area contributed by atoms with Gasteiger partial charge < -0.3 is 9.47 Å². The molecule has 0 bridgehead atoms. The van der Waals surface area contributed by atoms with Crippen molar-refractivity contribution in [3.8, 4) is 11.5 Å². The first kappa shape index (κ1) is 20.1. The number of amides is 2. The lowest BCUT2D eigenvalue weighted by atomic mass is 9.86. The fraction of sp³-hybridized carbons (Fsp3) is 0.217. The van der Waals surface area contributed by atoms with E-state index < -0.39 is 46.4 Å². The maximum absolute atomic E-state index is 13.6. The molecule has 0 aromatic heterocycles. The summed E-state index contributed by atoms with van der Waals surface area (Å²) in [5.74, 6) is -2.40. The quantitative estimate of drug-likeness (QED) is 0.293. The summed E-state index contributed by atoms with van der Waals surface area (Å²) in [7, 11) is 0. The molecule has 0 unspecified atom stereocenters. The molecule has 0 spiro atoms. The lowest BCUT2D eigenvalue weighted by molar-refractivity contribution is -0.384. The van der Waals surface area contributed by atoms with Crippen LogP contribution in [-0.2, 0) is 9.59 Å². The van der Waals surface area contributed by atoms with Crippen molar-refractivity contribution in [2.75, 3.05) is 11.7 Å². The number of rotatable bonds is 4. The van der Waals surface area contributed by atoms with Gasteiger partial charge >= 0.3 is 0 Å². The van der Waals surface area contributed by atoms with Crippen molar-refractivity contribution in [3.05, 3.63) is 70.3 Å². The Labute approximate surface area is 192 Å². The standard InChI is InChI=1S/C23H16N4O7/c28-21(12-3-1-4-14(9-12)27(31)32)20-19-18(15-5-2-8-24-26(15)20)22(29)25(23(19)30)13-6-7-16-17(10-13)34-11-33-16/h1-10,15,18-20H,11H2/t15-,18-,19-,20-/m1/s1. The molecule has 0 N–H and O–H groups in total. The van der Waals surface area contributed by atoms with E-state index in [1.807, 2.05) is 0 Å². The highest BCUT2D eigenvalue weighted by atomic mass is 16.7. The molecular formula is C23H16N4O7. The molecule has 11 heteroatoms. The van der Waals surface area contributed by atoms with Gasteiger partial charge in [-0.25, -0.2) is 4.90 Å². The fourth-order valence-electron chi connectivity index (χ4n) is 5.06. The number of anilines is 1. The number of hydrazone groups is 1. The molecule has 2 saturated heterocycles. The zero-order chi connectivity index (χ0) is 23.6. The lowest BCUT2D eigenvalue weighted by Crippen LogP contribution is -2.46. The highest BCUT2D eigenvalue weighted by molar-refractivity contribution is 6.24. The Hall–Kier alpha value is -4.54. The van der Waals surface area contributed by atoms with Crippen molar-refractivity contribution in [2.24, 2.45) is 16.9 Å². The molecule has 4 aliphatic heterocycles. The molecule has 2 aromatic carbocycles. The van der Waals surface area contributed by atoms with Gasteiger partial charge in [0.25, 0.3) is 5.69 Å². The van der Waals surface area contributed by atoms with Crippen molar-refractivity contribution in [1.29, 1.82) is 0 Å². The maximum atomic E-state index is 13.6. The minimum Gasteiger partial charge on any atom is -0.454 e. The van der Waals surface area contributed by atoms with Crippen LogP contribution in [0.4, 0.5) is 11.4 Å². The molecule has 6 rings (SSSR count). The van der Waals surface area contributed by atoms with E-state index in [1.165, 1.54) is 35.5 Å². The minimum atomic E-state index is -1.09. The number of nitro benzene ring substituents is 1. The maximum Gasteiger partial charge on any atom is 0.270 e. The van der Waals surface area contributed by atoms with E-state index in [0.29, 0.717) is 17.2 Å². The summed E-state index contributed by atoms with van der Waals surface area (Å²) in [6.45, 7) is 0.0472. The minimum absolute atomic E-state index is 0.0472. The molecule has 2 amide bonds. The summed E-state index contributed by atoms with van der Waals surface area (Å²) >= 11 is 0. The van der Waals surface area contributed by atoms with Gasteiger partial charge in [-0.2, -0.15) is 5.10 Å². The van der Waals surface area contributed by atoms with Gasteiger partial charge in [0.1, 0.15) is 6.04 Å². The number of fused-ring (bicyclic) bond motifs is 4. The smallest absolute Gasteiger partial charge is 0.270 e. The van der Waals surface area contributed by atoms with Crippen LogP contribution in [0.25, 0.3) is 0 Å². The molecule has 2 fully saturated rings. The molecule has 4 aliphatic rings. The first-order valence-electron chi connectivity index (χ1n) is 10.5. The third-order valence-corrected chi connectivity index (χ3v) is 6.52. The molecule has 34 heavy (non-hydrogen) atoms. The first-order chi connectivity index (χ1) is 16.5. The zero-order valence-electron chi connectivity index (χ0n) is 17.4.